The molecule has 0 saturated heterocycles. The lowest BCUT2D eigenvalue weighted by molar-refractivity contribution is 0.398. The molecule has 2 aromatic rings. The van der Waals surface area contributed by atoms with Crippen LogP contribution in [0.4, 0.5) is 5.82 Å². The van der Waals surface area contributed by atoms with Crippen LogP contribution in [0.15, 0.2) is 30.6 Å². The van der Waals surface area contributed by atoms with Gasteiger partial charge in [-0.2, -0.15) is 10.1 Å². The Labute approximate surface area is 100 Å². The lowest BCUT2D eigenvalue weighted by atomic mass is 10.2. The van der Waals surface area contributed by atoms with Gasteiger partial charge < -0.3 is 10.1 Å². The molecule has 0 saturated carbocycles. The Balaban J connectivity index is 1.85. The van der Waals surface area contributed by atoms with Crippen molar-refractivity contribution in [3.63, 3.8) is 0 Å². The first-order valence-corrected chi connectivity index (χ1v) is 5.50. The second kappa shape index (κ2) is 5.34. The van der Waals surface area contributed by atoms with Crippen molar-refractivity contribution in [2.45, 2.75) is 6.42 Å². The fourth-order valence-corrected chi connectivity index (χ4v) is 1.56. The monoisotopic (exact) mass is 232 g/mol. The Hall–Kier alpha value is -2.04. The maximum atomic E-state index is 5.06. The van der Waals surface area contributed by atoms with Crippen molar-refractivity contribution in [3.05, 3.63) is 36.2 Å². The molecule has 0 aliphatic rings. The summed E-state index contributed by atoms with van der Waals surface area (Å²) in [6.07, 6.45) is 4.81. The van der Waals surface area contributed by atoms with E-state index in [0.717, 1.165) is 18.8 Å². The molecule has 0 fully saturated rings. The van der Waals surface area contributed by atoms with Gasteiger partial charge in [-0.1, -0.05) is 6.07 Å². The highest BCUT2D eigenvalue weighted by Crippen LogP contribution is 2.10. The molecule has 0 aromatic carbocycles. The molecule has 5 nitrogen and oxygen atoms in total. The third-order valence-corrected chi connectivity index (χ3v) is 2.41. The van der Waals surface area contributed by atoms with Crippen molar-refractivity contribution in [1.82, 2.24) is 14.8 Å². The highest BCUT2D eigenvalue weighted by atomic mass is 16.5. The summed E-state index contributed by atoms with van der Waals surface area (Å²) in [5, 5.41) is 7.37. The van der Waals surface area contributed by atoms with Crippen LogP contribution < -0.4 is 10.1 Å². The molecular formula is C12H16N4O. The van der Waals surface area contributed by atoms with Crippen molar-refractivity contribution < 1.29 is 4.74 Å². The van der Waals surface area contributed by atoms with Crippen LogP contribution in [0.2, 0.25) is 0 Å². The molecule has 1 N–H and O–H groups in total. The minimum absolute atomic E-state index is 0.622. The second-order valence-electron chi connectivity index (χ2n) is 3.76. The van der Waals surface area contributed by atoms with Crippen molar-refractivity contribution in [2.75, 3.05) is 19.0 Å². The van der Waals surface area contributed by atoms with E-state index in [2.05, 4.69) is 15.4 Å². The Bertz CT molecular complexity index is 481. The number of hydrogen-bond acceptors (Lipinski definition) is 4. The van der Waals surface area contributed by atoms with E-state index < -0.39 is 0 Å². The predicted molar refractivity (Wildman–Crippen MR) is 66.2 cm³/mol. The Morgan fingerprint density at radius 2 is 2.29 bits per heavy atom. The average molecular weight is 232 g/mol. The topological polar surface area (TPSA) is 52.0 Å². The first-order chi connectivity index (χ1) is 8.28. The van der Waals surface area contributed by atoms with E-state index in [-0.39, 0.29) is 0 Å². The average Bonchev–Trinajstić information content (AvgIpc) is 2.75. The summed E-state index contributed by atoms with van der Waals surface area (Å²) < 4.78 is 6.86. The van der Waals surface area contributed by atoms with Crippen LogP contribution in [0, 0.1) is 0 Å². The Morgan fingerprint density at radius 1 is 1.41 bits per heavy atom. The van der Waals surface area contributed by atoms with Gasteiger partial charge in [-0.25, -0.2) is 0 Å². The third kappa shape index (κ3) is 3.21. The molecule has 0 bridgehead atoms. The summed E-state index contributed by atoms with van der Waals surface area (Å²) in [7, 11) is 3.53. The molecule has 0 unspecified atom stereocenters. The first-order valence-electron chi connectivity index (χ1n) is 5.50. The maximum absolute atomic E-state index is 5.06. The Morgan fingerprint density at radius 3 is 3.00 bits per heavy atom. The van der Waals surface area contributed by atoms with Gasteiger partial charge in [0.25, 0.3) is 0 Å². The molecule has 5 heteroatoms. The zero-order valence-corrected chi connectivity index (χ0v) is 10.1. The van der Waals surface area contributed by atoms with Crippen LogP contribution in [-0.4, -0.2) is 28.4 Å². The lowest BCUT2D eigenvalue weighted by Crippen LogP contribution is -2.06. The number of pyridine rings is 1. The number of aromatic nitrogens is 3. The summed E-state index contributed by atoms with van der Waals surface area (Å²) in [5.74, 6) is 1.45. The molecule has 0 atom stereocenters. The van der Waals surface area contributed by atoms with Gasteiger partial charge >= 0.3 is 0 Å². The molecule has 0 aliphatic heterocycles. The van der Waals surface area contributed by atoms with Crippen molar-refractivity contribution in [1.29, 1.82) is 0 Å². The summed E-state index contributed by atoms with van der Waals surface area (Å²) in [6.45, 7) is 0.825. The number of methoxy groups -OCH3 is 1. The number of rotatable bonds is 5. The van der Waals surface area contributed by atoms with Crippen molar-refractivity contribution in [3.8, 4) is 5.88 Å². The van der Waals surface area contributed by atoms with Gasteiger partial charge in [-0.05, 0) is 18.1 Å². The fraction of sp³-hybridized carbons (Fsp3) is 0.333. The summed E-state index contributed by atoms with van der Waals surface area (Å²) in [5.41, 5.74) is 1.21. The van der Waals surface area contributed by atoms with Crippen LogP contribution in [0.25, 0.3) is 0 Å². The van der Waals surface area contributed by atoms with Crippen LogP contribution in [0.5, 0.6) is 5.88 Å². The largest absolute Gasteiger partial charge is 0.481 e. The van der Waals surface area contributed by atoms with Gasteiger partial charge in [-0.15, -0.1) is 0 Å². The number of nitrogens with one attached hydrogen (secondary N) is 1. The molecule has 0 amide bonds. The Kier molecular flexibility index (Phi) is 3.59. The van der Waals surface area contributed by atoms with E-state index >= 15 is 0 Å². The molecule has 2 aromatic heterocycles. The number of aryl methyl sites for hydroxylation is 1. The number of anilines is 1. The SMILES string of the molecule is COc1cccc(NCCc2cnn(C)c2)n1. The first kappa shape index (κ1) is 11.4. The van der Waals surface area contributed by atoms with Gasteiger partial charge in [0, 0.05) is 25.9 Å². The minimum Gasteiger partial charge on any atom is -0.481 e. The van der Waals surface area contributed by atoms with Crippen LogP contribution >= 0.6 is 0 Å². The highest BCUT2D eigenvalue weighted by molar-refractivity contribution is 5.37. The second-order valence-corrected chi connectivity index (χ2v) is 3.76. The van der Waals surface area contributed by atoms with Gasteiger partial charge in [0.2, 0.25) is 5.88 Å². The molecule has 17 heavy (non-hydrogen) atoms. The van der Waals surface area contributed by atoms with Gasteiger partial charge in [0.05, 0.1) is 13.3 Å². The summed E-state index contributed by atoms with van der Waals surface area (Å²) >= 11 is 0. The van der Waals surface area contributed by atoms with Gasteiger partial charge in [0.15, 0.2) is 0 Å². The zero-order valence-electron chi connectivity index (χ0n) is 10.1. The quantitative estimate of drug-likeness (QED) is 0.848. The summed E-state index contributed by atoms with van der Waals surface area (Å²) in [4.78, 5) is 4.27. The minimum atomic E-state index is 0.622. The van der Waals surface area contributed by atoms with Crippen molar-refractivity contribution in [2.24, 2.45) is 7.05 Å². The molecule has 0 spiro atoms. The highest BCUT2D eigenvalue weighted by Gasteiger charge is 1.98. The maximum Gasteiger partial charge on any atom is 0.214 e. The molecular weight excluding hydrogens is 216 g/mol. The van der Waals surface area contributed by atoms with Crippen LogP contribution in [0.3, 0.4) is 0 Å². The fourth-order valence-electron chi connectivity index (χ4n) is 1.56. The zero-order chi connectivity index (χ0) is 12.1. The van der Waals surface area contributed by atoms with Crippen molar-refractivity contribution >= 4 is 5.82 Å². The number of nitrogens with zero attached hydrogens (tertiary/aromatic N) is 3. The van der Waals surface area contributed by atoms with E-state index in [1.165, 1.54) is 5.56 Å². The lowest BCUT2D eigenvalue weighted by Gasteiger charge is -2.05. The molecule has 2 rings (SSSR count). The smallest absolute Gasteiger partial charge is 0.214 e. The van der Waals surface area contributed by atoms with E-state index in [9.17, 15) is 0 Å². The predicted octanol–water partition coefficient (Wildman–Crippen LogP) is 1.48. The standard InChI is InChI=1S/C12H16N4O/c1-16-9-10(8-14-16)6-7-13-11-4-3-5-12(15-11)17-2/h3-5,8-9H,6-7H2,1-2H3,(H,13,15). The van der Waals surface area contributed by atoms with Crippen LogP contribution in [-0.2, 0) is 13.5 Å². The molecule has 0 radical (unpaired) electrons. The summed E-state index contributed by atoms with van der Waals surface area (Å²) in [6, 6.07) is 5.66. The van der Waals surface area contributed by atoms with E-state index in [4.69, 9.17) is 4.74 Å². The molecule has 0 aliphatic carbocycles. The normalized spacial score (nSPS) is 10.2. The van der Waals surface area contributed by atoms with E-state index in [0.29, 0.717) is 5.88 Å². The molecule has 2 heterocycles. The van der Waals surface area contributed by atoms with Gasteiger partial charge in [-0.3, -0.25) is 4.68 Å². The number of ether oxygens (including phenoxy) is 1. The number of hydrogen-bond donors (Lipinski definition) is 1. The third-order valence-electron chi connectivity index (χ3n) is 2.41. The van der Waals surface area contributed by atoms with E-state index in [1.807, 2.05) is 37.6 Å². The molecule has 90 valence electrons. The van der Waals surface area contributed by atoms with Crippen LogP contribution in [0.1, 0.15) is 5.56 Å². The van der Waals surface area contributed by atoms with Gasteiger partial charge in [0.1, 0.15) is 5.82 Å². The van der Waals surface area contributed by atoms with E-state index in [1.54, 1.807) is 11.8 Å².